The van der Waals surface area contributed by atoms with E-state index in [9.17, 15) is 0 Å². The number of benzene rings is 2. The molecule has 1 unspecified atom stereocenters. The molecule has 2 rings (SSSR count). The average molecular weight is 316 g/mol. The summed E-state index contributed by atoms with van der Waals surface area (Å²) in [5.74, 6) is 2.00. The van der Waals surface area contributed by atoms with E-state index in [2.05, 4.69) is 45.5 Å². The standard InChI is InChI=1S/C19H24O2S/c1-15(19(2,3)22)13-20-17-10-7-11-18(12-17)21-14-16-8-5-4-6-9-16/h4-12,15,22H,13-14H2,1-3H3. The molecule has 2 nitrogen and oxygen atoms in total. The van der Waals surface area contributed by atoms with Crippen LogP contribution in [0.25, 0.3) is 0 Å². The van der Waals surface area contributed by atoms with Crippen LogP contribution in [0.5, 0.6) is 11.5 Å². The summed E-state index contributed by atoms with van der Waals surface area (Å²) in [6.07, 6.45) is 0. The number of thiol groups is 1. The SMILES string of the molecule is CC(COc1cccc(OCc2ccccc2)c1)C(C)(C)S. The summed E-state index contributed by atoms with van der Waals surface area (Å²) < 4.78 is 11.6. The molecular formula is C19H24O2S. The topological polar surface area (TPSA) is 18.5 Å². The molecule has 0 amide bonds. The second kappa shape index (κ2) is 7.59. The Morgan fingerprint density at radius 2 is 1.59 bits per heavy atom. The Bertz CT molecular complexity index is 575. The molecule has 0 N–H and O–H groups in total. The van der Waals surface area contributed by atoms with E-state index in [0.717, 1.165) is 17.1 Å². The van der Waals surface area contributed by atoms with Crippen molar-refractivity contribution in [1.29, 1.82) is 0 Å². The lowest BCUT2D eigenvalue weighted by Crippen LogP contribution is -2.27. The van der Waals surface area contributed by atoms with Crippen molar-refractivity contribution in [2.75, 3.05) is 6.61 Å². The van der Waals surface area contributed by atoms with E-state index in [0.29, 0.717) is 19.1 Å². The lowest BCUT2D eigenvalue weighted by molar-refractivity contribution is 0.235. The van der Waals surface area contributed by atoms with Crippen molar-refractivity contribution < 1.29 is 9.47 Å². The quantitative estimate of drug-likeness (QED) is 0.726. The smallest absolute Gasteiger partial charge is 0.123 e. The van der Waals surface area contributed by atoms with Crippen LogP contribution in [0.15, 0.2) is 54.6 Å². The van der Waals surface area contributed by atoms with Crippen molar-refractivity contribution >= 4 is 12.6 Å². The molecule has 0 saturated heterocycles. The first-order chi connectivity index (χ1) is 10.4. The third-order valence-electron chi connectivity index (χ3n) is 3.76. The molecule has 0 aliphatic heterocycles. The van der Waals surface area contributed by atoms with Crippen molar-refractivity contribution in [3.8, 4) is 11.5 Å². The second-order valence-corrected chi connectivity index (χ2v) is 7.27. The molecule has 22 heavy (non-hydrogen) atoms. The van der Waals surface area contributed by atoms with Crippen LogP contribution in [0.1, 0.15) is 26.3 Å². The third-order valence-corrected chi connectivity index (χ3v) is 4.20. The molecule has 0 spiro atoms. The zero-order valence-corrected chi connectivity index (χ0v) is 14.3. The van der Waals surface area contributed by atoms with Gasteiger partial charge in [-0.05, 0) is 17.7 Å². The number of hydrogen-bond donors (Lipinski definition) is 1. The van der Waals surface area contributed by atoms with E-state index in [4.69, 9.17) is 9.47 Å². The van der Waals surface area contributed by atoms with Gasteiger partial charge in [-0.1, -0.05) is 57.2 Å². The normalized spacial score (nSPS) is 12.7. The van der Waals surface area contributed by atoms with E-state index >= 15 is 0 Å². The van der Waals surface area contributed by atoms with Gasteiger partial charge in [-0.3, -0.25) is 0 Å². The largest absolute Gasteiger partial charge is 0.493 e. The molecule has 0 fully saturated rings. The van der Waals surface area contributed by atoms with Crippen LogP contribution in [0.2, 0.25) is 0 Å². The molecule has 0 radical (unpaired) electrons. The van der Waals surface area contributed by atoms with Crippen molar-refractivity contribution in [2.24, 2.45) is 5.92 Å². The number of hydrogen-bond acceptors (Lipinski definition) is 3. The predicted molar refractivity (Wildman–Crippen MR) is 94.9 cm³/mol. The van der Waals surface area contributed by atoms with E-state index in [-0.39, 0.29) is 4.75 Å². The van der Waals surface area contributed by atoms with Gasteiger partial charge in [0.05, 0.1) is 6.61 Å². The molecule has 0 aromatic heterocycles. The van der Waals surface area contributed by atoms with Gasteiger partial charge in [-0.2, -0.15) is 12.6 Å². The van der Waals surface area contributed by atoms with Crippen molar-refractivity contribution in [3.63, 3.8) is 0 Å². The average Bonchev–Trinajstić information content (AvgIpc) is 2.51. The third kappa shape index (κ3) is 5.30. The van der Waals surface area contributed by atoms with Gasteiger partial charge < -0.3 is 9.47 Å². The van der Waals surface area contributed by atoms with Gasteiger partial charge in [0.25, 0.3) is 0 Å². The van der Waals surface area contributed by atoms with Crippen LogP contribution in [0, 0.1) is 5.92 Å². The Balaban J connectivity index is 1.90. The molecule has 0 aliphatic rings. The highest BCUT2D eigenvalue weighted by Gasteiger charge is 2.21. The fraction of sp³-hybridized carbons (Fsp3) is 0.368. The van der Waals surface area contributed by atoms with Crippen LogP contribution >= 0.6 is 12.6 Å². The summed E-state index contributed by atoms with van der Waals surface area (Å²) in [4.78, 5) is 0. The van der Waals surface area contributed by atoms with Crippen molar-refractivity contribution in [2.45, 2.75) is 32.1 Å². The first kappa shape index (κ1) is 16.8. The van der Waals surface area contributed by atoms with E-state index < -0.39 is 0 Å². The maximum Gasteiger partial charge on any atom is 0.123 e. The van der Waals surface area contributed by atoms with Gasteiger partial charge in [-0.15, -0.1) is 0 Å². The first-order valence-electron chi connectivity index (χ1n) is 7.57. The molecule has 0 aliphatic carbocycles. The van der Waals surface area contributed by atoms with Crippen molar-refractivity contribution in [3.05, 3.63) is 60.2 Å². The molecule has 1 atom stereocenters. The Morgan fingerprint density at radius 3 is 2.23 bits per heavy atom. The summed E-state index contributed by atoms with van der Waals surface area (Å²) in [7, 11) is 0. The van der Waals surface area contributed by atoms with Gasteiger partial charge in [0.1, 0.15) is 18.1 Å². The van der Waals surface area contributed by atoms with Crippen LogP contribution < -0.4 is 9.47 Å². The lowest BCUT2D eigenvalue weighted by atomic mass is 9.98. The van der Waals surface area contributed by atoms with Gasteiger partial charge >= 0.3 is 0 Å². The lowest BCUT2D eigenvalue weighted by Gasteiger charge is -2.26. The maximum atomic E-state index is 5.86. The molecule has 3 heteroatoms. The fourth-order valence-corrected chi connectivity index (χ4v) is 1.89. The Morgan fingerprint density at radius 1 is 0.955 bits per heavy atom. The predicted octanol–water partition coefficient (Wildman–Crippen LogP) is 4.99. The summed E-state index contributed by atoms with van der Waals surface area (Å²) >= 11 is 4.59. The summed E-state index contributed by atoms with van der Waals surface area (Å²) in [6, 6.07) is 17.9. The first-order valence-corrected chi connectivity index (χ1v) is 8.02. The van der Waals surface area contributed by atoms with Gasteiger partial charge in [-0.25, -0.2) is 0 Å². The summed E-state index contributed by atoms with van der Waals surface area (Å²) in [6.45, 7) is 7.54. The Kier molecular flexibility index (Phi) is 5.78. The molecular weight excluding hydrogens is 292 g/mol. The minimum Gasteiger partial charge on any atom is -0.493 e. The highest BCUT2D eigenvalue weighted by atomic mass is 32.1. The Labute approximate surface area is 138 Å². The second-order valence-electron chi connectivity index (χ2n) is 6.11. The molecule has 0 bridgehead atoms. The zero-order valence-electron chi connectivity index (χ0n) is 13.5. The van der Waals surface area contributed by atoms with Gasteiger partial charge in [0.2, 0.25) is 0 Å². The highest BCUT2D eigenvalue weighted by Crippen LogP contribution is 2.26. The van der Waals surface area contributed by atoms with Gasteiger partial charge in [0.15, 0.2) is 0 Å². The Hall–Kier alpha value is -1.61. The monoisotopic (exact) mass is 316 g/mol. The molecule has 0 saturated carbocycles. The summed E-state index contributed by atoms with van der Waals surface area (Å²) in [5.41, 5.74) is 1.15. The fourth-order valence-electron chi connectivity index (χ4n) is 1.82. The summed E-state index contributed by atoms with van der Waals surface area (Å²) in [5, 5.41) is 0. The van der Waals surface area contributed by atoms with E-state index in [1.807, 2.05) is 42.5 Å². The number of ether oxygens (including phenoxy) is 2. The number of rotatable bonds is 7. The molecule has 2 aromatic carbocycles. The van der Waals surface area contributed by atoms with Crippen LogP contribution in [-0.2, 0) is 6.61 Å². The minimum absolute atomic E-state index is 0.0541. The van der Waals surface area contributed by atoms with E-state index in [1.165, 1.54) is 0 Å². The van der Waals surface area contributed by atoms with Gasteiger partial charge in [0, 0.05) is 16.7 Å². The highest BCUT2D eigenvalue weighted by molar-refractivity contribution is 7.81. The maximum absolute atomic E-state index is 5.86. The molecule has 118 valence electrons. The molecule has 0 heterocycles. The van der Waals surface area contributed by atoms with Crippen LogP contribution in [0.3, 0.4) is 0 Å². The minimum atomic E-state index is -0.0541. The van der Waals surface area contributed by atoms with Crippen LogP contribution in [-0.4, -0.2) is 11.4 Å². The van der Waals surface area contributed by atoms with Crippen molar-refractivity contribution in [1.82, 2.24) is 0 Å². The zero-order chi connectivity index (χ0) is 16.0. The molecule has 2 aromatic rings. The van der Waals surface area contributed by atoms with E-state index in [1.54, 1.807) is 0 Å². The van der Waals surface area contributed by atoms with Crippen LogP contribution in [0.4, 0.5) is 0 Å².